The Bertz CT molecular complexity index is 1080. The normalized spacial score (nSPS) is 14.3. The molecule has 0 bridgehead atoms. The molecule has 1 N–H and O–H groups in total. The molecule has 168 valence electrons. The lowest BCUT2D eigenvalue weighted by Gasteiger charge is -2.26. The summed E-state index contributed by atoms with van der Waals surface area (Å²) in [5, 5.41) is 6.38. The third kappa shape index (κ3) is 5.30. The fourth-order valence-corrected chi connectivity index (χ4v) is 3.48. The molecule has 4 rings (SSSR count). The highest BCUT2D eigenvalue weighted by molar-refractivity contribution is 5.75. The van der Waals surface area contributed by atoms with E-state index in [0.717, 1.165) is 5.56 Å². The first kappa shape index (κ1) is 21.9. The minimum absolute atomic E-state index is 0.127. The number of amides is 1. The average Bonchev–Trinajstić information content (AvgIpc) is 3.08. The van der Waals surface area contributed by atoms with Crippen molar-refractivity contribution < 1.29 is 23.0 Å². The number of carbonyl (C=O) groups is 1. The number of halogens is 2. The molecule has 0 atom stereocenters. The Morgan fingerprint density at radius 1 is 1.12 bits per heavy atom. The molecule has 1 aliphatic rings. The quantitative estimate of drug-likeness (QED) is 0.606. The number of rotatable bonds is 7. The van der Waals surface area contributed by atoms with Crippen LogP contribution < -0.4 is 10.2 Å². The molecule has 0 unspecified atom stereocenters. The Morgan fingerprint density at radius 3 is 2.59 bits per heavy atom. The number of ether oxygens (including phenoxy) is 2. The largest absolute Gasteiger partial charge is 0.439 e. The van der Waals surface area contributed by atoms with Crippen molar-refractivity contribution in [3.05, 3.63) is 71.4 Å². The van der Waals surface area contributed by atoms with Crippen molar-refractivity contribution >= 4 is 5.91 Å². The molecular formula is C23H24F2N4O3. The standard InChI is InChI=1S/C23H24F2N4O3/c1-16-21(9-10-22(30)27-28-11-13-31-14-12-28)23(32-20-4-2-3-18(25)15-20)29(26-16)19-7-5-17(24)6-8-19/h2-8,15H,9-14H2,1H3,(H,27,30). The highest BCUT2D eigenvalue weighted by atomic mass is 19.1. The van der Waals surface area contributed by atoms with Crippen LogP contribution in [0.25, 0.3) is 5.69 Å². The fourth-order valence-electron chi connectivity index (χ4n) is 3.48. The van der Waals surface area contributed by atoms with Gasteiger partial charge in [0.2, 0.25) is 11.8 Å². The number of nitrogens with one attached hydrogen (secondary N) is 1. The maximum atomic E-state index is 13.7. The molecule has 9 heteroatoms. The van der Waals surface area contributed by atoms with Gasteiger partial charge in [0.15, 0.2) is 0 Å². The number of hydrogen-bond acceptors (Lipinski definition) is 5. The highest BCUT2D eigenvalue weighted by Crippen LogP contribution is 2.31. The zero-order chi connectivity index (χ0) is 22.5. The summed E-state index contributed by atoms with van der Waals surface area (Å²) in [6, 6.07) is 11.6. The third-order valence-corrected chi connectivity index (χ3v) is 5.12. The van der Waals surface area contributed by atoms with Crippen LogP contribution in [0, 0.1) is 18.6 Å². The van der Waals surface area contributed by atoms with Gasteiger partial charge in [0.25, 0.3) is 0 Å². The third-order valence-electron chi connectivity index (χ3n) is 5.12. The Kier molecular flexibility index (Phi) is 6.77. The Morgan fingerprint density at radius 2 is 1.88 bits per heavy atom. The fraction of sp³-hybridized carbons (Fsp3) is 0.304. The number of nitrogens with zero attached hydrogens (tertiary/aromatic N) is 3. The second-order valence-corrected chi connectivity index (χ2v) is 7.45. The molecule has 0 aliphatic carbocycles. The molecule has 2 heterocycles. The van der Waals surface area contributed by atoms with E-state index in [9.17, 15) is 13.6 Å². The molecule has 0 saturated carbocycles. The monoisotopic (exact) mass is 442 g/mol. The van der Waals surface area contributed by atoms with E-state index in [-0.39, 0.29) is 18.1 Å². The number of hydrazine groups is 1. The van der Waals surface area contributed by atoms with Crippen LogP contribution in [-0.4, -0.2) is 47.0 Å². The first-order valence-corrected chi connectivity index (χ1v) is 10.4. The molecule has 1 fully saturated rings. The number of carbonyl (C=O) groups excluding carboxylic acids is 1. The van der Waals surface area contributed by atoms with Crippen LogP contribution in [0.1, 0.15) is 17.7 Å². The molecule has 1 saturated heterocycles. The lowest BCUT2D eigenvalue weighted by molar-refractivity contribution is -0.127. The van der Waals surface area contributed by atoms with E-state index in [1.165, 1.54) is 28.9 Å². The van der Waals surface area contributed by atoms with Crippen LogP contribution in [0.4, 0.5) is 8.78 Å². The van der Waals surface area contributed by atoms with Crippen molar-refractivity contribution in [3.63, 3.8) is 0 Å². The molecule has 1 aromatic heterocycles. The average molecular weight is 442 g/mol. The Balaban J connectivity index is 1.58. The van der Waals surface area contributed by atoms with E-state index in [2.05, 4.69) is 10.5 Å². The molecule has 0 spiro atoms. The van der Waals surface area contributed by atoms with Crippen LogP contribution in [0.5, 0.6) is 11.6 Å². The predicted molar refractivity (Wildman–Crippen MR) is 114 cm³/mol. The number of benzene rings is 2. The molecule has 0 radical (unpaired) electrons. The molecule has 32 heavy (non-hydrogen) atoms. The summed E-state index contributed by atoms with van der Waals surface area (Å²) in [6.45, 7) is 4.25. The molecule has 3 aromatic rings. The van der Waals surface area contributed by atoms with Crippen LogP contribution in [0.3, 0.4) is 0 Å². The summed E-state index contributed by atoms with van der Waals surface area (Å²) in [7, 11) is 0. The zero-order valence-electron chi connectivity index (χ0n) is 17.7. The smallest absolute Gasteiger partial charge is 0.234 e. The van der Waals surface area contributed by atoms with E-state index in [1.54, 1.807) is 24.3 Å². The van der Waals surface area contributed by atoms with E-state index in [1.807, 2.05) is 11.9 Å². The van der Waals surface area contributed by atoms with Crippen molar-refractivity contribution in [1.29, 1.82) is 0 Å². The van der Waals surface area contributed by atoms with Crippen LogP contribution in [0.15, 0.2) is 48.5 Å². The Hall–Kier alpha value is -3.30. The van der Waals surface area contributed by atoms with Crippen molar-refractivity contribution in [3.8, 4) is 17.3 Å². The van der Waals surface area contributed by atoms with Gasteiger partial charge in [-0.3, -0.25) is 10.2 Å². The SMILES string of the molecule is Cc1nn(-c2ccc(F)cc2)c(Oc2cccc(F)c2)c1CCC(=O)NN1CCOCC1. The summed E-state index contributed by atoms with van der Waals surface area (Å²) in [5.74, 6) is -0.271. The number of aryl methyl sites for hydroxylation is 1. The predicted octanol–water partition coefficient (Wildman–Crippen LogP) is 3.55. The minimum atomic E-state index is -0.432. The van der Waals surface area contributed by atoms with Gasteiger partial charge in [-0.15, -0.1) is 0 Å². The molecular weight excluding hydrogens is 418 g/mol. The second-order valence-electron chi connectivity index (χ2n) is 7.45. The summed E-state index contributed by atoms with van der Waals surface area (Å²) < 4.78 is 40.0. The topological polar surface area (TPSA) is 68.6 Å². The maximum absolute atomic E-state index is 13.7. The van der Waals surface area contributed by atoms with Crippen LogP contribution in [0.2, 0.25) is 0 Å². The van der Waals surface area contributed by atoms with E-state index < -0.39 is 5.82 Å². The van der Waals surface area contributed by atoms with Gasteiger partial charge < -0.3 is 9.47 Å². The van der Waals surface area contributed by atoms with Gasteiger partial charge in [-0.25, -0.2) is 18.5 Å². The van der Waals surface area contributed by atoms with Gasteiger partial charge in [0.05, 0.1) is 24.6 Å². The van der Waals surface area contributed by atoms with Crippen molar-refractivity contribution in [1.82, 2.24) is 20.2 Å². The summed E-state index contributed by atoms with van der Waals surface area (Å²) in [4.78, 5) is 12.5. The first-order valence-electron chi connectivity index (χ1n) is 10.4. The van der Waals surface area contributed by atoms with E-state index in [0.29, 0.717) is 55.7 Å². The van der Waals surface area contributed by atoms with Gasteiger partial charge >= 0.3 is 0 Å². The van der Waals surface area contributed by atoms with Gasteiger partial charge in [-0.2, -0.15) is 5.10 Å². The number of hydrogen-bond donors (Lipinski definition) is 1. The summed E-state index contributed by atoms with van der Waals surface area (Å²) in [5.41, 5.74) is 4.86. The summed E-state index contributed by atoms with van der Waals surface area (Å²) in [6.07, 6.45) is 0.584. The van der Waals surface area contributed by atoms with Crippen molar-refractivity contribution in [2.45, 2.75) is 19.8 Å². The second kappa shape index (κ2) is 9.88. The highest BCUT2D eigenvalue weighted by Gasteiger charge is 2.21. The van der Waals surface area contributed by atoms with Gasteiger partial charge in [-0.1, -0.05) is 6.07 Å². The van der Waals surface area contributed by atoms with Gasteiger partial charge in [-0.05, 0) is 49.7 Å². The molecule has 1 amide bonds. The van der Waals surface area contributed by atoms with Crippen LogP contribution >= 0.6 is 0 Å². The molecule has 7 nitrogen and oxygen atoms in total. The van der Waals surface area contributed by atoms with Crippen molar-refractivity contribution in [2.75, 3.05) is 26.3 Å². The lowest BCUT2D eigenvalue weighted by Crippen LogP contribution is -2.48. The number of aromatic nitrogens is 2. The molecule has 2 aromatic carbocycles. The maximum Gasteiger partial charge on any atom is 0.234 e. The van der Waals surface area contributed by atoms with Crippen molar-refractivity contribution in [2.24, 2.45) is 0 Å². The van der Waals surface area contributed by atoms with E-state index >= 15 is 0 Å². The summed E-state index contributed by atoms with van der Waals surface area (Å²) >= 11 is 0. The van der Waals surface area contributed by atoms with E-state index in [4.69, 9.17) is 9.47 Å². The lowest BCUT2D eigenvalue weighted by atomic mass is 10.1. The zero-order valence-corrected chi connectivity index (χ0v) is 17.7. The van der Waals surface area contributed by atoms with Crippen LogP contribution in [-0.2, 0) is 16.0 Å². The van der Waals surface area contributed by atoms with Gasteiger partial charge in [0.1, 0.15) is 17.4 Å². The minimum Gasteiger partial charge on any atom is -0.439 e. The number of morpholine rings is 1. The first-order chi connectivity index (χ1) is 15.5. The molecule has 1 aliphatic heterocycles. The Labute approximate surface area is 184 Å². The van der Waals surface area contributed by atoms with Gasteiger partial charge in [0, 0.05) is 31.1 Å².